The van der Waals surface area contributed by atoms with Crippen LogP contribution in [0.25, 0.3) is 0 Å². The summed E-state index contributed by atoms with van der Waals surface area (Å²) in [7, 11) is 0. The molecule has 5 heteroatoms. The fourth-order valence-electron chi connectivity index (χ4n) is 2.38. The summed E-state index contributed by atoms with van der Waals surface area (Å²) in [5.74, 6) is 0.664. The lowest BCUT2D eigenvalue weighted by Crippen LogP contribution is -2.34. The van der Waals surface area contributed by atoms with E-state index in [0.29, 0.717) is 24.2 Å². The van der Waals surface area contributed by atoms with Crippen LogP contribution in [0.3, 0.4) is 0 Å². The maximum atomic E-state index is 12.3. The number of aromatic nitrogens is 1. The van der Waals surface area contributed by atoms with E-state index < -0.39 is 0 Å². The molecule has 1 aliphatic rings. The summed E-state index contributed by atoms with van der Waals surface area (Å²) in [4.78, 5) is 18.5. The molecule has 0 aliphatic carbocycles. The average molecular weight is 253 g/mol. The SMILES string of the molecule is CC1CC(C)N(C(=O)c2csc(CCN)n2)C1. The van der Waals surface area contributed by atoms with Crippen LogP contribution in [0.5, 0.6) is 0 Å². The molecule has 2 atom stereocenters. The number of hydrogen-bond acceptors (Lipinski definition) is 4. The van der Waals surface area contributed by atoms with Crippen LogP contribution in [0.2, 0.25) is 0 Å². The van der Waals surface area contributed by atoms with Gasteiger partial charge in [-0.1, -0.05) is 6.92 Å². The lowest BCUT2D eigenvalue weighted by atomic mass is 10.1. The van der Waals surface area contributed by atoms with Crippen molar-refractivity contribution in [2.24, 2.45) is 11.7 Å². The van der Waals surface area contributed by atoms with Gasteiger partial charge in [0.15, 0.2) is 0 Å². The molecular weight excluding hydrogens is 234 g/mol. The van der Waals surface area contributed by atoms with Crippen LogP contribution in [0.1, 0.15) is 35.8 Å². The fourth-order valence-corrected chi connectivity index (χ4v) is 3.17. The van der Waals surface area contributed by atoms with Crippen molar-refractivity contribution >= 4 is 17.2 Å². The molecule has 1 fully saturated rings. The minimum atomic E-state index is 0.0707. The third-order valence-electron chi connectivity index (χ3n) is 3.17. The summed E-state index contributed by atoms with van der Waals surface area (Å²) in [6.45, 7) is 5.72. The number of nitrogens with zero attached hydrogens (tertiary/aromatic N) is 2. The van der Waals surface area contributed by atoms with Crippen molar-refractivity contribution < 1.29 is 4.79 Å². The predicted molar refractivity (Wildman–Crippen MR) is 69.2 cm³/mol. The molecule has 1 aliphatic heterocycles. The molecule has 1 aromatic heterocycles. The van der Waals surface area contributed by atoms with Crippen LogP contribution in [-0.2, 0) is 6.42 Å². The molecule has 2 unspecified atom stereocenters. The summed E-state index contributed by atoms with van der Waals surface area (Å²) in [5, 5.41) is 2.80. The summed E-state index contributed by atoms with van der Waals surface area (Å²) in [6.07, 6.45) is 1.84. The Hall–Kier alpha value is -0.940. The minimum Gasteiger partial charge on any atom is -0.334 e. The largest absolute Gasteiger partial charge is 0.334 e. The number of rotatable bonds is 3. The zero-order valence-corrected chi connectivity index (χ0v) is 11.2. The van der Waals surface area contributed by atoms with E-state index >= 15 is 0 Å². The predicted octanol–water partition coefficient (Wildman–Crippen LogP) is 1.51. The van der Waals surface area contributed by atoms with Gasteiger partial charge in [-0.15, -0.1) is 11.3 Å². The van der Waals surface area contributed by atoms with Crippen molar-refractivity contribution in [3.05, 3.63) is 16.1 Å². The molecule has 4 nitrogen and oxygen atoms in total. The highest BCUT2D eigenvalue weighted by atomic mass is 32.1. The number of likely N-dealkylation sites (tertiary alicyclic amines) is 1. The maximum Gasteiger partial charge on any atom is 0.273 e. The maximum absolute atomic E-state index is 12.3. The zero-order valence-electron chi connectivity index (χ0n) is 10.3. The summed E-state index contributed by atoms with van der Waals surface area (Å²) >= 11 is 1.52. The number of thiazole rings is 1. The number of nitrogens with two attached hydrogens (primary N) is 1. The Bertz CT molecular complexity index is 404. The van der Waals surface area contributed by atoms with Crippen molar-refractivity contribution in [2.45, 2.75) is 32.7 Å². The summed E-state index contributed by atoms with van der Waals surface area (Å²) in [5.41, 5.74) is 6.06. The Balaban J connectivity index is 2.08. The van der Waals surface area contributed by atoms with Crippen LogP contribution < -0.4 is 5.73 Å². The van der Waals surface area contributed by atoms with Gasteiger partial charge in [0, 0.05) is 24.4 Å². The molecule has 0 aromatic carbocycles. The van der Waals surface area contributed by atoms with Gasteiger partial charge in [0.1, 0.15) is 5.69 Å². The Morgan fingerprint density at radius 2 is 2.41 bits per heavy atom. The third-order valence-corrected chi connectivity index (χ3v) is 4.08. The monoisotopic (exact) mass is 253 g/mol. The van der Waals surface area contributed by atoms with E-state index in [1.165, 1.54) is 11.3 Å². The van der Waals surface area contributed by atoms with Gasteiger partial charge in [-0.3, -0.25) is 4.79 Å². The minimum absolute atomic E-state index is 0.0707. The second-order valence-electron chi connectivity index (χ2n) is 4.81. The molecule has 2 rings (SSSR count). The van der Waals surface area contributed by atoms with E-state index in [0.717, 1.165) is 24.4 Å². The van der Waals surface area contributed by atoms with Crippen molar-refractivity contribution in [3.8, 4) is 0 Å². The van der Waals surface area contributed by atoms with Gasteiger partial charge in [0.25, 0.3) is 5.91 Å². The number of hydrogen-bond donors (Lipinski definition) is 1. The van der Waals surface area contributed by atoms with Crippen molar-refractivity contribution in [2.75, 3.05) is 13.1 Å². The first-order valence-electron chi connectivity index (χ1n) is 6.07. The first kappa shape index (κ1) is 12.5. The topological polar surface area (TPSA) is 59.2 Å². The highest BCUT2D eigenvalue weighted by Gasteiger charge is 2.31. The Morgan fingerprint density at radius 1 is 1.65 bits per heavy atom. The first-order chi connectivity index (χ1) is 8.11. The van der Waals surface area contributed by atoms with E-state index in [-0.39, 0.29) is 5.91 Å². The molecule has 1 amide bonds. The Kier molecular flexibility index (Phi) is 3.79. The lowest BCUT2D eigenvalue weighted by Gasteiger charge is -2.20. The molecule has 1 saturated heterocycles. The Morgan fingerprint density at radius 3 is 3.00 bits per heavy atom. The smallest absolute Gasteiger partial charge is 0.273 e. The molecular formula is C12H19N3OS. The molecule has 1 aromatic rings. The van der Waals surface area contributed by atoms with Crippen molar-refractivity contribution in [3.63, 3.8) is 0 Å². The highest BCUT2D eigenvalue weighted by molar-refractivity contribution is 7.09. The van der Waals surface area contributed by atoms with E-state index in [4.69, 9.17) is 5.73 Å². The number of amides is 1. The number of carbonyl (C=O) groups is 1. The van der Waals surface area contributed by atoms with Gasteiger partial charge in [0.2, 0.25) is 0 Å². The van der Waals surface area contributed by atoms with Gasteiger partial charge in [-0.2, -0.15) is 0 Å². The van der Waals surface area contributed by atoms with E-state index in [1.54, 1.807) is 0 Å². The average Bonchev–Trinajstić information content (AvgIpc) is 2.85. The molecule has 94 valence electrons. The van der Waals surface area contributed by atoms with E-state index in [2.05, 4.69) is 18.8 Å². The quantitative estimate of drug-likeness (QED) is 0.888. The summed E-state index contributed by atoms with van der Waals surface area (Å²) in [6, 6.07) is 0.331. The lowest BCUT2D eigenvalue weighted by molar-refractivity contribution is 0.0738. The number of carbonyl (C=O) groups excluding carboxylic acids is 1. The molecule has 2 heterocycles. The zero-order chi connectivity index (χ0) is 12.4. The van der Waals surface area contributed by atoms with Crippen LogP contribution in [0, 0.1) is 5.92 Å². The molecule has 2 N–H and O–H groups in total. The van der Waals surface area contributed by atoms with Crippen LogP contribution >= 0.6 is 11.3 Å². The molecule has 0 spiro atoms. The third kappa shape index (κ3) is 2.66. The molecule has 17 heavy (non-hydrogen) atoms. The normalized spacial score (nSPS) is 24.3. The highest BCUT2D eigenvalue weighted by Crippen LogP contribution is 2.24. The summed E-state index contributed by atoms with van der Waals surface area (Å²) < 4.78 is 0. The van der Waals surface area contributed by atoms with E-state index in [9.17, 15) is 4.79 Å². The molecule has 0 saturated carbocycles. The standard InChI is InChI=1S/C12H19N3OS/c1-8-5-9(2)15(6-8)12(16)10-7-17-11(14-10)3-4-13/h7-9H,3-6,13H2,1-2H3. The van der Waals surface area contributed by atoms with Crippen LogP contribution in [0.15, 0.2) is 5.38 Å². The van der Waals surface area contributed by atoms with E-state index in [1.807, 2.05) is 10.3 Å². The Labute approximate surface area is 106 Å². The fraction of sp³-hybridized carbons (Fsp3) is 0.667. The second kappa shape index (κ2) is 5.14. The second-order valence-corrected chi connectivity index (χ2v) is 5.76. The molecule has 0 bridgehead atoms. The van der Waals surface area contributed by atoms with Gasteiger partial charge in [-0.25, -0.2) is 4.98 Å². The van der Waals surface area contributed by atoms with Gasteiger partial charge in [-0.05, 0) is 25.8 Å². The van der Waals surface area contributed by atoms with Crippen LogP contribution in [0.4, 0.5) is 0 Å². The van der Waals surface area contributed by atoms with Crippen molar-refractivity contribution in [1.82, 2.24) is 9.88 Å². The van der Waals surface area contributed by atoms with Gasteiger partial charge < -0.3 is 10.6 Å². The van der Waals surface area contributed by atoms with Crippen LogP contribution in [-0.4, -0.2) is 34.9 Å². The first-order valence-corrected chi connectivity index (χ1v) is 6.95. The van der Waals surface area contributed by atoms with Gasteiger partial charge in [0.05, 0.1) is 5.01 Å². The van der Waals surface area contributed by atoms with Crippen molar-refractivity contribution in [1.29, 1.82) is 0 Å². The molecule has 0 radical (unpaired) electrons. The van der Waals surface area contributed by atoms with Gasteiger partial charge >= 0.3 is 0 Å².